The molecule has 1 aromatic heterocycles. The number of rotatable bonds is 7. The zero-order valence-corrected chi connectivity index (χ0v) is 19.6. The molecule has 0 bridgehead atoms. The lowest BCUT2D eigenvalue weighted by Gasteiger charge is -2.30. The van der Waals surface area contributed by atoms with E-state index in [2.05, 4.69) is 16.6 Å². The number of benzene rings is 2. The molecule has 174 valence electrons. The van der Waals surface area contributed by atoms with Gasteiger partial charge in [-0.15, -0.1) is 0 Å². The Bertz CT molecular complexity index is 1220. The van der Waals surface area contributed by atoms with E-state index in [1.165, 1.54) is 25.3 Å². The number of imidazole rings is 1. The number of para-hydroxylation sites is 1. The Balaban J connectivity index is 1.56. The van der Waals surface area contributed by atoms with E-state index in [9.17, 15) is 13.2 Å². The number of methoxy groups -OCH3 is 1. The Hall–Kier alpha value is -3.17. The third kappa shape index (κ3) is 5.09. The van der Waals surface area contributed by atoms with Crippen molar-refractivity contribution in [1.82, 2.24) is 19.2 Å². The average molecular weight is 469 g/mol. The molecule has 0 atom stereocenters. The molecule has 8 nitrogen and oxygen atoms in total. The normalized spacial score (nSPS) is 14.9. The Kier molecular flexibility index (Phi) is 6.80. The Labute approximate surface area is 194 Å². The second-order valence-electron chi connectivity index (χ2n) is 8.26. The first-order valence-corrected chi connectivity index (χ1v) is 12.4. The molecule has 2 heterocycles. The van der Waals surface area contributed by atoms with E-state index in [4.69, 9.17) is 4.74 Å². The molecule has 3 aromatic rings. The molecule has 1 fully saturated rings. The van der Waals surface area contributed by atoms with Crippen LogP contribution in [0, 0.1) is 5.92 Å². The van der Waals surface area contributed by atoms with Crippen LogP contribution in [-0.4, -0.2) is 49.0 Å². The summed E-state index contributed by atoms with van der Waals surface area (Å²) in [5.41, 5.74) is 1.89. The second kappa shape index (κ2) is 9.76. The van der Waals surface area contributed by atoms with Crippen LogP contribution in [0.5, 0.6) is 5.75 Å². The van der Waals surface area contributed by atoms with Crippen LogP contribution in [0.3, 0.4) is 0 Å². The van der Waals surface area contributed by atoms with E-state index in [-0.39, 0.29) is 22.9 Å². The molecule has 4 rings (SSSR count). The van der Waals surface area contributed by atoms with Gasteiger partial charge in [-0.25, -0.2) is 18.1 Å². The molecular weight excluding hydrogens is 440 g/mol. The van der Waals surface area contributed by atoms with Crippen LogP contribution in [-0.2, 0) is 16.6 Å². The highest BCUT2D eigenvalue weighted by molar-refractivity contribution is 7.89. The summed E-state index contributed by atoms with van der Waals surface area (Å²) >= 11 is 0. The third-order valence-corrected chi connectivity index (χ3v) is 7.41. The fourth-order valence-corrected chi connectivity index (χ4v) is 5.01. The van der Waals surface area contributed by atoms with Gasteiger partial charge in [0.25, 0.3) is 5.91 Å². The largest absolute Gasteiger partial charge is 0.496 e. The smallest absolute Gasteiger partial charge is 0.257 e. The number of likely N-dealkylation sites (tertiary alicyclic amines) is 1. The van der Waals surface area contributed by atoms with Crippen LogP contribution in [0.15, 0.2) is 66.1 Å². The van der Waals surface area contributed by atoms with Crippen molar-refractivity contribution in [1.29, 1.82) is 0 Å². The van der Waals surface area contributed by atoms with Crippen molar-refractivity contribution in [3.05, 3.63) is 72.3 Å². The number of hydrogen-bond acceptors (Lipinski definition) is 5. The van der Waals surface area contributed by atoms with Crippen LogP contribution >= 0.6 is 0 Å². The summed E-state index contributed by atoms with van der Waals surface area (Å²) in [6, 6.07) is 11.9. The van der Waals surface area contributed by atoms with Crippen LogP contribution in [0.2, 0.25) is 0 Å². The van der Waals surface area contributed by atoms with Gasteiger partial charge < -0.3 is 14.2 Å². The van der Waals surface area contributed by atoms with E-state index in [1.807, 2.05) is 28.8 Å². The number of nitrogens with one attached hydrogen (secondary N) is 1. The molecule has 0 unspecified atom stereocenters. The highest BCUT2D eigenvalue weighted by atomic mass is 32.2. The Morgan fingerprint density at radius 1 is 1.18 bits per heavy atom. The number of nitrogens with zero attached hydrogens (tertiary/aromatic N) is 3. The standard InChI is InChI=1S/C24H28N4O4S/c1-18-9-12-27(13-10-18)24(29)21-15-20(7-8-23(21)32-2)33(30,31)26-16-19-5-3-4-6-22(19)28-14-11-25-17-28/h3-8,11,14-15,17-18,26H,9-10,12-13,16H2,1-2H3. The number of amides is 1. The SMILES string of the molecule is COc1ccc(S(=O)(=O)NCc2ccccc2-n2ccnc2)cc1C(=O)N1CCC(C)CC1. The van der Waals surface area contributed by atoms with Crippen molar-refractivity contribution in [2.75, 3.05) is 20.2 Å². The molecule has 1 aliphatic rings. The highest BCUT2D eigenvalue weighted by Crippen LogP contribution is 2.26. The quantitative estimate of drug-likeness (QED) is 0.575. The number of piperidine rings is 1. The number of hydrogen-bond donors (Lipinski definition) is 1. The Morgan fingerprint density at radius 3 is 2.64 bits per heavy atom. The van der Waals surface area contributed by atoms with E-state index < -0.39 is 10.0 Å². The summed E-state index contributed by atoms with van der Waals surface area (Å²) in [5, 5.41) is 0. The molecule has 1 amide bonds. The first-order valence-electron chi connectivity index (χ1n) is 10.9. The maximum absolute atomic E-state index is 13.1. The number of aromatic nitrogens is 2. The topological polar surface area (TPSA) is 93.5 Å². The minimum absolute atomic E-state index is 0.0251. The van der Waals surface area contributed by atoms with Crippen LogP contribution in [0.4, 0.5) is 0 Å². The van der Waals surface area contributed by atoms with Crippen molar-refractivity contribution in [3.8, 4) is 11.4 Å². The lowest BCUT2D eigenvalue weighted by Crippen LogP contribution is -2.38. The molecule has 0 spiro atoms. The fourth-order valence-electron chi connectivity index (χ4n) is 3.97. The molecule has 1 N–H and O–H groups in total. The zero-order chi connectivity index (χ0) is 23.4. The van der Waals surface area contributed by atoms with Crippen molar-refractivity contribution in [2.45, 2.75) is 31.2 Å². The number of ether oxygens (including phenoxy) is 1. The van der Waals surface area contributed by atoms with Crippen LogP contribution < -0.4 is 9.46 Å². The second-order valence-corrected chi connectivity index (χ2v) is 10.0. The van der Waals surface area contributed by atoms with Gasteiger partial charge in [-0.3, -0.25) is 4.79 Å². The third-order valence-electron chi connectivity index (χ3n) is 6.01. The summed E-state index contributed by atoms with van der Waals surface area (Å²) in [6.45, 7) is 3.58. The summed E-state index contributed by atoms with van der Waals surface area (Å²) in [7, 11) is -2.39. The van der Waals surface area contributed by atoms with Crippen molar-refractivity contribution >= 4 is 15.9 Å². The average Bonchev–Trinajstić information content (AvgIpc) is 3.37. The summed E-state index contributed by atoms with van der Waals surface area (Å²) in [6.07, 6.45) is 7.00. The van der Waals surface area contributed by atoms with Gasteiger partial charge in [0.05, 0.1) is 29.6 Å². The minimum Gasteiger partial charge on any atom is -0.496 e. The molecule has 33 heavy (non-hydrogen) atoms. The van der Waals surface area contributed by atoms with E-state index in [0.29, 0.717) is 24.8 Å². The van der Waals surface area contributed by atoms with Gasteiger partial charge in [-0.1, -0.05) is 25.1 Å². The monoisotopic (exact) mass is 468 g/mol. The molecule has 0 radical (unpaired) electrons. The lowest BCUT2D eigenvalue weighted by atomic mass is 9.98. The van der Waals surface area contributed by atoms with Gasteiger partial charge in [0.1, 0.15) is 5.75 Å². The predicted molar refractivity (Wildman–Crippen MR) is 125 cm³/mol. The van der Waals surface area contributed by atoms with Crippen LogP contribution in [0.25, 0.3) is 5.69 Å². The highest BCUT2D eigenvalue weighted by Gasteiger charge is 2.26. The van der Waals surface area contributed by atoms with Gasteiger partial charge in [0.15, 0.2) is 0 Å². The van der Waals surface area contributed by atoms with Gasteiger partial charge in [0.2, 0.25) is 10.0 Å². The van der Waals surface area contributed by atoms with E-state index in [0.717, 1.165) is 24.1 Å². The fraction of sp³-hybridized carbons (Fsp3) is 0.333. The first kappa shape index (κ1) is 23.0. The Morgan fingerprint density at radius 2 is 1.94 bits per heavy atom. The summed E-state index contributed by atoms with van der Waals surface area (Å²) in [5.74, 6) is 0.737. The van der Waals surface area contributed by atoms with Crippen molar-refractivity contribution in [2.24, 2.45) is 5.92 Å². The number of carbonyl (C=O) groups excluding carboxylic acids is 1. The molecular formula is C24H28N4O4S. The van der Waals surface area contributed by atoms with Crippen LogP contribution in [0.1, 0.15) is 35.7 Å². The minimum atomic E-state index is -3.87. The maximum atomic E-state index is 13.1. The van der Waals surface area contributed by atoms with Crippen molar-refractivity contribution < 1.29 is 17.9 Å². The van der Waals surface area contributed by atoms with Crippen molar-refractivity contribution in [3.63, 3.8) is 0 Å². The van der Waals surface area contributed by atoms with Gasteiger partial charge >= 0.3 is 0 Å². The zero-order valence-electron chi connectivity index (χ0n) is 18.8. The molecule has 2 aromatic carbocycles. The maximum Gasteiger partial charge on any atom is 0.257 e. The molecule has 0 aliphatic carbocycles. The summed E-state index contributed by atoms with van der Waals surface area (Å²) < 4.78 is 36.0. The number of carbonyl (C=O) groups is 1. The number of sulfonamides is 1. The molecule has 1 saturated heterocycles. The molecule has 1 aliphatic heterocycles. The van der Waals surface area contributed by atoms with E-state index in [1.54, 1.807) is 23.6 Å². The predicted octanol–water partition coefficient (Wildman–Crippen LogP) is 3.23. The first-order chi connectivity index (χ1) is 15.9. The van der Waals surface area contributed by atoms with Gasteiger partial charge in [0, 0.05) is 32.0 Å². The molecule has 9 heteroatoms. The molecule has 0 saturated carbocycles. The lowest BCUT2D eigenvalue weighted by molar-refractivity contribution is 0.0693. The van der Waals surface area contributed by atoms with Gasteiger partial charge in [-0.05, 0) is 48.6 Å². The van der Waals surface area contributed by atoms with Gasteiger partial charge in [-0.2, -0.15) is 0 Å². The summed E-state index contributed by atoms with van der Waals surface area (Å²) in [4.78, 5) is 19.0. The van der Waals surface area contributed by atoms with E-state index >= 15 is 0 Å².